The quantitative estimate of drug-likeness (QED) is 0.552. The molecule has 19 heavy (non-hydrogen) atoms. The second-order valence-corrected chi connectivity index (χ2v) is 4.34. The van der Waals surface area contributed by atoms with Gasteiger partial charge < -0.3 is 20.5 Å². The minimum absolute atomic E-state index is 0.114. The Hall–Kier alpha value is -1.96. The van der Waals surface area contributed by atoms with Gasteiger partial charge in [0.15, 0.2) is 0 Å². The molecule has 1 aromatic heterocycles. The van der Waals surface area contributed by atoms with Crippen molar-refractivity contribution in [2.45, 2.75) is 38.8 Å². The van der Waals surface area contributed by atoms with Crippen LogP contribution in [-0.4, -0.2) is 37.9 Å². The van der Waals surface area contributed by atoms with E-state index < -0.39 is 10.5 Å². The molecule has 0 aliphatic carbocycles. The zero-order chi connectivity index (χ0) is 14.5. The summed E-state index contributed by atoms with van der Waals surface area (Å²) in [6.45, 7) is 3.72. The van der Waals surface area contributed by atoms with Crippen molar-refractivity contribution in [1.82, 2.24) is 15.1 Å². The van der Waals surface area contributed by atoms with E-state index in [2.05, 4.69) is 10.4 Å². The number of nitrogens with one attached hydrogen (secondary N) is 1. The number of carbonyl (C=O) groups is 1. The third-order valence-corrected chi connectivity index (χ3v) is 3.05. The molecule has 0 fully saturated rings. The van der Waals surface area contributed by atoms with Crippen molar-refractivity contribution < 1.29 is 14.8 Å². The molecule has 1 amide bonds. The highest BCUT2D eigenvalue weighted by Crippen LogP contribution is 2.12. The maximum absolute atomic E-state index is 11.6. The number of aromatic nitrogens is 2. The van der Waals surface area contributed by atoms with Gasteiger partial charge in [0.05, 0.1) is 23.0 Å². The monoisotopic (exact) mass is 270 g/mol. The Bertz CT molecular complexity index is 453. The Kier molecular flexibility index (Phi) is 4.99. The van der Waals surface area contributed by atoms with Crippen molar-refractivity contribution in [3.05, 3.63) is 22.4 Å². The Balaban J connectivity index is 2.49. The number of nitrogens with zero attached hydrogens (tertiary/aromatic N) is 3. The maximum atomic E-state index is 11.6. The lowest BCUT2D eigenvalue weighted by atomic mass is 9.98. The zero-order valence-electron chi connectivity index (χ0n) is 11.0. The topological polar surface area (TPSA) is 110 Å². The lowest BCUT2D eigenvalue weighted by molar-refractivity contribution is -0.389. The van der Waals surface area contributed by atoms with Crippen LogP contribution in [0, 0.1) is 10.1 Å². The highest BCUT2D eigenvalue weighted by molar-refractivity contribution is 5.75. The van der Waals surface area contributed by atoms with Crippen LogP contribution >= 0.6 is 0 Å². The molecule has 1 heterocycles. The van der Waals surface area contributed by atoms with Gasteiger partial charge in [-0.1, -0.05) is 13.8 Å². The predicted molar refractivity (Wildman–Crippen MR) is 67.4 cm³/mol. The van der Waals surface area contributed by atoms with Gasteiger partial charge >= 0.3 is 5.82 Å². The van der Waals surface area contributed by atoms with Crippen molar-refractivity contribution in [3.8, 4) is 0 Å². The number of aliphatic hydroxyl groups is 1. The fourth-order valence-corrected chi connectivity index (χ4v) is 1.50. The first kappa shape index (κ1) is 15.1. The highest BCUT2D eigenvalue weighted by Gasteiger charge is 2.23. The summed E-state index contributed by atoms with van der Waals surface area (Å²) in [5.41, 5.74) is -0.911. The largest absolute Gasteiger partial charge is 0.389 e. The van der Waals surface area contributed by atoms with E-state index in [1.165, 1.54) is 16.9 Å². The molecule has 0 aromatic carbocycles. The standard InChI is InChI=1S/C11H18N4O4/c1-3-11(17,4-2)8-12-10(16)7-14-6-5-9(13-14)15(18)19/h5-6,17H,3-4,7-8H2,1-2H3,(H,12,16). The van der Waals surface area contributed by atoms with E-state index in [-0.39, 0.29) is 24.8 Å². The predicted octanol–water partition coefficient (Wildman–Crippen LogP) is 0.459. The summed E-state index contributed by atoms with van der Waals surface area (Å²) in [5.74, 6) is -0.648. The third-order valence-electron chi connectivity index (χ3n) is 3.05. The van der Waals surface area contributed by atoms with E-state index >= 15 is 0 Å². The second-order valence-electron chi connectivity index (χ2n) is 4.34. The van der Waals surface area contributed by atoms with E-state index in [1.807, 2.05) is 13.8 Å². The number of hydrogen-bond acceptors (Lipinski definition) is 5. The van der Waals surface area contributed by atoms with Gasteiger partial charge in [0.25, 0.3) is 0 Å². The molecule has 0 aliphatic rings. The fourth-order valence-electron chi connectivity index (χ4n) is 1.50. The van der Waals surface area contributed by atoms with Crippen molar-refractivity contribution in [3.63, 3.8) is 0 Å². The number of hydrogen-bond donors (Lipinski definition) is 2. The van der Waals surface area contributed by atoms with E-state index in [1.54, 1.807) is 0 Å². The normalized spacial score (nSPS) is 11.3. The van der Waals surface area contributed by atoms with Crippen LogP contribution in [0.25, 0.3) is 0 Å². The summed E-state index contributed by atoms with van der Waals surface area (Å²) >= 11 is 0. The number of rotatable bonds is 7. The van der Waals surface area contributed by atoms with E-state index in [9.17, 15) is 20.0 Å². The average molecular weight is 270 g/mol. The van der Waals surface area contributed by atoms with Crippen LogP contribution in [-0.2, 0) is 11.3 Å². The first-order valence-corrected chi connectivity index (χ1v) is 6.07. The lowest BCUT2D eigenvalue weighted by Crippen LogP contribution is -2.43. The van der Waals surface area contributed by atoms with Gasteiger partial charge in [-0.15, -0.1) is 0 Å². The Labute approximate surface area is 110 Å². The molecule has 0 saturated carbocycles. The van der Waals surface area contributed by atoms with Gasteiger partial charge in [-0.25, -0.2) is 0 Å². The number of carbonyl (C=O) groups excluding carboxylic acids is 1. The number of amides is 1. The molecule has 0 radical (unpaired) electrons. The van der Waals surface area contributed by atoms with Gasteiger partial charge in [-0.05, 0) is 17.8 Å². The van der Waals surface area contributed by atoms with Crippen molar-refractivity contribution in [2.24, 2.45) is 0 Å². The van der Waals surface area contributed by atoms with E-state index in [4.69, 9.17) is 0 Å². The Morgan fingerprint density at radius 3 is 2.68 bits per heavy atom. The summed E-state index contributed by atoms with van der Waals surface area (Å²) in [6.07, 6.45) is 2.44. The summed E-state index contributed by atoms with van der Waals surface area (Å²) in [6, 6.07) is 1.22. The number of nitro groups is 1. The summed E-state index contributed by atoms with van der Waals surface area (Å²) < 4.78 is 1.18. The molecule has 1 rings (SSSR count). The molecule has 0 aliphatic heterocycles. The van der Waals surface area contributed by atoms with Gasteiger partial charge in [-0.3, -0.25) is 4.79 Å². The molecule has 8 nitrogen and oxygen atoms in total. The van der Waals surface area contributed by atoms with Gasteiger partial charge in [0.2, 0.25) is 5.91 Å². The van der Waals surface area contributed by atoms with Crippen LogP contribution in [0.15, 0.2) is 12.3 Å². The van der Waals surface area contributed by atoms with Crippen LogP contribution < -0.4 is 5.32 Å². The van der Waals surface area contributed by atoms with Crippen LogP contribution in [0.5, 0.6) is 0 Å². The van der Waals surface area contributed by atoms with Crippen LogP contribution in [0.2, 0.25) is 0 Å². The Morgan fingerprint density at radius 1 is 1.58 bits per heavy atom. The van der Waals surface area contributed by atoms with Crippen LogP contribution in [0.1, 0.15) is 26.7 Å². The smallest absolute Gasteiger partial charge is 0.388 e. The Morgan fingerprint density at radius 2 is 2.21 bits per heavy atom. The second kappa shape index (κ2) is 6.28. The molecule has 1 aromatic rings. The minimum Gasteiger partial charge on any atom is -0.388 e. The maximum Gasteiger partial charge on any atom is 0.389 e. The summed E-state index contributed by atoms with van der Waals surface area (Å²) in [4.78, 5) is 21.4. The van der Waals surface area contributed by atoms with Gasteiger partial charge in [-0.2, -0.15) is 4.68 Å². The zero-order valence-corrected chi connectivity index (χ0v) is 11.0. The molecule has 0 atom stereocenters. The lowest BCUT2D eigenvalue weighted by Gasteiger charge is -2.25. The van der Waals surface area contributed by atoms with Gasteiger partial charge in [0.1, 0.15) is 6.54 Å². The van der Waals surface area contributed by atoms with E-state index in [0.29, 0.717) is 12.8 Å². The summed E-state index contributed by atoms with van der Waals surface area (Å²) in [5, 5.41) is 26.6. The molecule has 2 N–H and O–H groups in total. The average Bonchev–Trinajstić information content (AvgIpc) is 2.84. The molecule has 0 spiro atoms. The first-order valence-electron chi connectivity index (χ1n) is 6.07. The third kappa shape index (κ3) is 4.32. The minimum atomic E-state index is -0.911. The molecular weight excluding hydrogens is 252 g/mol. The highest BCUT2D eigenvalue weighted by atomic mass is 16.6. The summed E-state index contributed by atoms with van der Waals surface area (Å²) in [7, 11) is 0. The van der Waals surface area contributed by atoms with Crippen molar-refractivity contribution in [1.29, 1.82) is 0 Å². The SMILES string of the molecule is CCC(O)(CC)CNC(=O)Cn1ccc([N+](=O)[O-])n1. The van der Waals surface area contributed by atoms with Crippen LogP contribution in [0.3, 0.4) is 0 Å². The molecule has 0 saturated heterocycles. The van der Waals surface area contributed by atoms with Gasteiger partial charge in [0, 0.05) is 6.54 Å². The molecule has 8 heteroatoms. The van der Waals surface area contributed by atoms with Crippen molar-refractivity contribution in [2.75, 3.05) is 6.54 Å². The fraction of sp³-hybridized carbons (Fsp3) is 0.636. The molecular formula is C11H18N4O4. The van der Waals surface area contributed by atoms with Crippen LogP contribution in [0.4, 0.5) is 5.82 Å². The van der Waals surface area contributed by atoms with Crippen molar-refractivity contribution >= 4 is 11.7 Å². The molecule has 0 unspecified atom stereocenters. The first-order chi connectivity index (χ1) is 8.90. The molecule has 0 bridgehead atoms. The molecule has 106 valence electrons. The van der Waals surface area contributed by atoms with E-state index in [0.717, 1.165) is 0 Å².